The molecule has 214 valence electrons. The number of hydrogen-bond acceptors (Lipinski definition) is 0. The number of allylic oxidation sites excluding steroid dienone is 2. The van der Waals surface area contributed by atoms with Crippen molar-refractivity contribution in [3.8, 4) is 0 Å². The summed E-state index contributed by atoms with van der Waals surface area (Å²) < 4.78 is 0. The SMILES string of the molecule is CC(=CC[PH](C1CCCC1)(C1CCCC1)C1CCCC1)C[PH](C1CCCC1)(C1CCCC1)C1CCCC1. The zero-order valence-electron chi connectivity index (χ0n) is 24.9. The maximum absolute atomic E-state index is 3.04. The third-order valence-electron chi connectivity index (χ3n) is 14.1. The molecule has 6 fully saturated rings. The second-order valence-corrected chi connectivity index (χ2v) is 25.7. The molecule has 0 aromatic carbocycles. The summed E-state index contributed by atoms with van der Waals surface area (Å²) in [5.41, 5.74) is 9.14. The van der Waals surface area contributed by atoms with Gasteiger partial charge < -0.3 is 0 Å². The maximum atomic E-state index is 3.04. The van der Waals surface area contributed by atoms with Gasteiger partial charge in [0, 0.05) is 0 Å². The summed E-state index contributed by atoms with van der Waals surface area (Å²) in [5.74, 6) is 0. The summed E-state index contributed by atoms with van der Waals surface area (Å²) in [7, 11) is -2.59. The van der Waals surface area contributed by atoms with E-state index >= 15 is 0 Å². The molecule has 0 atom stereocenters. The summed E-state index contributed by atoms with van der Waals surface area (Å²) in [6.07, 6.45) is 44.8. The first-order valence-corrected chi connectivity index (χ1v) is 22.8. The Morgan fingerprint density at radius 1 is 0.432 bits per heavy atom. The fourth-order valence-corrected chi connectivity index (χ4v) is 29.2. The Kier molecular flexibility index (Phi) is 9.47. The first-order chi connectivity index (χ1) is 18.2. The van der Waals surface area contributed by atoms with Crippen LogP contribution < -0.4 is 0 Å². The zero-order valence-corrected chi connectivity index (χ0v) is 26.9. The molecule has 2 heteroatoms. The molecule has 0 radical (unpaired) electrons. The molecule has 0 unspecified atom stereocenters. The molecule has 0 nitrogen and oxygen atoms in total. The molecule has 0 spiro atoms. The molecular formula is C35H64P2. The minimum atomic E-state index is -1.30. The van der Waals surface area contributed by atoms with Crippen LogP contribution in [-0.4, -0.2) is 46.3 Å². The van der Waals surface area contributed by atoms with E-state index in [1.54, 1.807) is 166 Å². The van der Waals surface area contributed by atoms with Gasteiger partial charge in [0.1, 0.15) is 0 Å². The van der Waals surface area contributed by atoms with E-state index in [4.69, 9.17) is 0 Å². The van der Waals surface area contributed by atoms with Crippen LogP contribution in [0, 0.1) is 0 Å². The Balaban J connectivity index is 1.31. The molecule has 6 aliphatic rings. The monoisotopic (exact) mass is 546 g/mol. The van der Waals surface area contributed by atoms with Gasteiger partial charge in [-0.25, -0.2) is 0 Å². The van der Waals surface area contributed by atoms with Crippen LogP contribution in [0.4, 0.5) is 0 Å². The molecule has 37 heavy (non-hydrogen) atoms. The van der Waals surface area contributed by atoms with Crippen LogP contribution in [0.5, 0.6) is 0 Å². The Morgan fingerprint density at radius 2 is 0.676 bits per heavy atom. The molecule has 0 aromatic rings. The van der Waals surface area contributed by atoms with Crippen LogP contribution in [0.25, 0.3) is 0 Å². The Morgan fingerprint density at radius 3 is 0.946 bits per heavy atom. The zero-order chi connectivity index (χ0) is 25.1. The van der Waals surface area contributed by atoms with Crippen LogP contribution in [0.15, 0.2) is 11.6 Å². The van der Waals surface area contributed by atoms with Gasteiger partial charge in [-0.2, -0.15) is 0 Å². The second kappa shape index (κ2) is 12.6. The molecule has 0 heterocycles. The van der Waals surface area contributed by atoms with E-state index in [0.29, 0.717) is 0 Å². The fourth-order valence-electron chi connectivity index (χ4n) is 12.6. The van der Waals surface area contributed by atoms with Crippen LogP contribution in [0.3, 0.4) is 0 Å². The van der Waals surface area contributed by atoms with Gasteiger partial charge in [-0.1, -0.05) is 0 Å². The standard InChI is InChI=1S/C35H64P2/c1-29(28-37(33-20-8-9-21-33,34-22-10-11-23-34)35-24-12-13-25-35)26-27-36(30-14-2-3-15-30,31-16-4-5-17-31)32-18-6-7-19-32/h26,30-37H,2-25,27-28H2,1H3. The van der Waals surface area contributed by atoms with Crippen molar-refractivity contribution in [2.75, 3.05) is 12.3 Å². The van der Waals surface area contributed by atoms with E-state index < -0.39 is 14.5 Å². The van der Waals surface area contributed by atoms with E-state index in [-0.39, 0.29) is 0 Å². The Bertz CT molecular complexity index is 652. The van der Waals surface area contributed by atoms with E-state index in [0.717, 1.165) is 0 Å². The van der Waals surface area contributed by atoms with Gasteiger partial charge >= 0.3 is 233 Å². The van der Waals surface area contributed by atoms with Crippen molar-refractivity contribution in [2.24, 2.45) is 0 Å². The predicted molar refractivity (Wildman–Crippen MR) is 174 cm³/mol. The van der Waals surface area contributed by atoms with E-state index in [9.17, 15) is 0 Å². The van der Waals surface area contributed by atoms with Crippen molar-refractivity contribution in [3.05, 3.63) is 11.6 Å². The molecule has 0 aromatic heterocycles. The normalized spacial score (nSPS) is 29.9. The summed E-state index contributed by atoms with van der Waals surface area (Å²) in [6, 6.07) is 0. The molecule has 0 amide bonds. The fraction of sp³-hybridized carbons (Fsp3) is 0.943. The van der Waals surface area contributed by atoms with Gasteiger partial charge in [-0.3, -0.25) is 0 Å². The minimum absolute atomic E-state index is 1.20. The quantitative estimate of drug-likeness (QED) is 0.189. The van der Waals surface area contributed by atoms with Crippen LogP contribution >= 0.6 is 14.5 Å². The Hall–Kier alpha value is 0.600. The van der Waals surface area contributed by atoms with Crippen molar-refractivity contribution in [3.63, 3.8) is 0 Å². The molecule has 6 aliphatic carbocycles. The topological polar surface area (TPSA) is 0 Å². The molecule has 0 aliphatic heterocycles. The molecule has 6 rings (SSSR count). The third-order valence-corrected chi connectivity index (χ3v) is 28.7. The average Bonchev–Trinajstić information content (AvgIpc) is 3.79. The van der Waals surface area contributed by atoms with Gasteiger partial charge in [0.05, 0.1) is 0 Å². The van der Waals surface area contributed by atoms with Crippen LogP contribution in [0.1, 0.15) is 161 Å². The van der Waals surface area contributed by atoms with E-state index in [2.05, 4.69) is 13.0 Å². The second-order valence-electron chi connectivity index (χ2n) is 15.5. The van der Waals surface area contributed by atoms with Crippen molar-refractivity contribution in [1.82, 2.24) is 0 Å². The molecule has 0 bridgehead atoms. The summed E-state index contributed by atoms with van der Waals surface area (Å²) in [4.78, 5) is 0. The third kappa shape index (κ3) is 5.46. The molecule has 6 saturated carbocycles. The van der Waals surface area contributed by atoms with E-state index in [1.165, 1.54) is 34.0 Å². The summed E-state index contributed by atoms with van der Waals surface area (Å²) in [6.45, 7) is 2.69. The van der Waals surface area contributed by atoms with Gasteiger partial charge in [-0.05, 0) is 0 Å². The van der Waals surface area contributed by atoms with Gasteiger partial charge in [0.2, 0.25) is 0 Å². The summed E-state index contributed by atoms with van der Waals surface area (Å²) >= 11 is 0. The van der Waals surface area contributed by atoms with Crippen LogP contribution in [0.2, 0.25) is 0 Å². The Labute approximate surface area is 233 Å². The predicted octanol–water partition coefficient (Wildman–Crippen LogP) is 11.1. The first-order valence-electron chi connectivity index (χ1n) is 17.9. The van der Waals surface area contributed by atoms with Gasteiger partial charge in [0.15, 0.2) is 0 Å². The molecule has 0 N–H and O–H groups in total. The van der Waals surface area contributed by atoms with Gasteiger partial charge in [0.25, 0.3) is 0 Å². The molecule has 0 saturated heterocycles. The first kappa shape index (κ1) is 27.8. The molecular weight excluding hydrogens is 482 g/mol. The van der Waals surface area contributed by atoms with Crippen LogP contribution in [-0.2, 0) is 0 Å². The number of hydrogen-bond donors (Lipinski definition) is 0. The van der Waals surface area contributed by atoms with Crippen molar-refractivity contribution >= 4 is 14.5 Å². The van der Waals surface area contributed by atoms with E-state index in [1.807, 2.05) is 5.57 Å². The van der Waals surface area contributed by atoms with Gasteiger partial charge in [-0.15, -0.1) is 0 Å². The number of rotatable bonds is 10. The average molecular weight is 547 g/mol. The van der Waals surface area contributed by atoms with Crippen molar-refractivity contribution in [2.45, 2.75) is 195 Å². The summed E-state index contributed by atoms with van der Waals surface area (Å²) in [5, 5.41) is 0. The van der Waals surface area contributed by atoms with Crippen molar-refractivity contribution in [1.29, 1.82) is 0 Å². The van der Waals surface area contributed by atoms with Crippen molar-refractivity contribution < 1.29 is 0 Å².